The number of alkyl halides is 3. The van der Waals surface area contributed by atoms with E-state index in [1.807, 2.05) is 24.3 Å². The maximum atomic E-state index is 12.4. The van der Waals surface area contributed by atoms with Gasteiger partial charge in [-0.3, -0.25) is 14.7 Å². The molecule has 192 valence electrons. The van der Waals surface area contributed by atoms with E-state index in [-0.39, 0.29) is 17.3 Å². The minimum atomic E-state index is -5.08. The minimum Gasteiger partial charge on any atom is -0.475 e. The molecule has 0 saturated carbocycles. The number of benzene rings is 2. The number of anilines is 2. The van der Waals surface area contributed by atoms with Gasteiger partial charge in [0.1, 0.15) is 5.69 Å². The van der Waals surface area contributed by atoms with Gasteiger partial charge in [-0.25, -0.2) is 4.79 Å². The van der Waals surface area contributed by atoms with E-state index in [2.05, 4.69) is 20.8 Å². The smallest absolute Gasteiger partial charge is 0.475 e. The Morgan fingerprint density at radius 2 is 1.25 bits per heavy atom. The van der Waals surface area contributed by atoms with Crippen LogP contribution in [-0.2, 0) is 17.6 Å². The highest BCUT2D eigenvalue weighted by atomic mass is 19.4. The van der Waals surface area contributed by atoms with E-state index < -0.39 is 18.1 Å². The Bertz CT molecular complexity index is 1080. The number of rotatable bonds is 8. The summed E-state index contributed by atoms with van der Waals surface area (Å²) in [7, 11) is 0. The van der Waals surface area contributed by atoms with Crippen molar-refractivity contribution in [1.29, 1.82) is 0 Å². The van der Waals surface area contributed by atoms with E-state index in [1.54, 1.807) is 24.3 Å². The fourth-order valence-corrected chi connectivity index (χ4v) is 2.79. The third-order valence-electron chi connectivity index (χ3n) is 4.59. The van der Waals surface area contributed by atoms with Gasteiger partial charge in [-0.1, -0.05) is 24.3 Å². The highest BCUT2D eigenvalue weighted by Crippen LogP contribution is 2.14. The molecule has 0 saturated heterocycles. The molecule has 0 bridgehead atoms. The van der Waals surface area contributed by atoms with Crippen LogP contribution >= 0.6 is 0 Å². The number of nitrogens with two attached hydrogens (primary N) is 2. The summed E-state index contributed by atoms with van der Waals surface area (Å²) in [6, 6.07) is 16.3. The van der Waals surface area contributed by atoms with Crippen molar-refractivity contribution in [3.8, 4) is 0 Å². The molecule has 0 atom stereocenters. The number of carboxylic acid groups (broad SMARTS) is 1. The van der Waals surface area contributed by atoms with Crippen molar-refractivity contribution >= 4 is 29.2 Å². The normalized spacial score (nSPS) is 10.7. The van der Waals surface area contributed by atoms with Crippen molar-refractivity contribution in [3.63, 3.8) is 0 Å². The third kappa shape index (κ3) is 8.85. The van der Waals surface area contributed by atoms with Gasteiger partial charge in [0, 0.05) is 17.4 Å². The lowest BCUT2D eigenvalue weighted by molar-refractivity contribution is -0.192. The molecule has 0 spiro atoms. The molecule has 13 heteroatoms. The first-order valence-corrected chi connectivity index (χ1v) is 10.6. The number of halogens is 3. The fourth-order valence-electron chi connectivity index (χ4n) is 2.79. The van der Waals surface area contributed by atoms with Crippen LogP contribution < -0.4 is 22.1 Å². The number of nitrogens with zero attached hydrogens (tertiary/aromatic N) is 1. The number of amides is 2. The fraction of sp³-hybridized carbons (Fsp3) is 0.217. The van der Waals surface area contributed by atoms with E-state index in [4.69, 9.17) is 21.4 Å². The standard InChI is InChI=1S/C21H24N6O2.C2HF3O2/c22-11-9-14-1-5-16(6-2-14)24-20(28)18-13-19(27-26-18)21(29)25-17-7-3-15(4-8-17)10-12-23;3-2(4,5)1(6)7/h1-8,13H,9-12,22-23H2,(H,24,28)(H,25,29)(H,26,27);(H,6,7). The molecule has 10 nitrogen and oxygen atoms in total. The Balaban J connectivity index is 0.000000572. The van der Waals surface area contributed by atoms with E-state index in [9.17, 15) is 22.8 Å². The van der Waals surface area contributed by atoms with Crippen LogP contribution in [0.4, 0.5) is 24.5 Å². The van der Waals surface area contributed by atoms with E-state index in [0.717, 1.165) is 24.0 Å². The zero-order valence-corrected chi connectivity index (χ0v) is 18.9. The first-order chi connectivity index (χ1) is 17.0. The van der Waals surface area contributed by atoms with E-state index >= 15 is 0 Å². The summed E-state index contributed by atoms with van der Waals surface area (Å²) in [5.41, 5.74) is 14.9. The minimum absolute atomic E-state index is 0.125. The first-order valence-electron chi connectivity index (χ1n) is 10.6. The molecule has 0 aliphatic carbocycles. The van der Waals surface area contributed by atoms with Gasteiger partial charge in [0.15, 0.2) is 5.69 Å². The number of aromatic nitrogens is 2. The summed E-state index contributed by atoms with van der Waals surface area (Å²) in [5, 5.41) is 19.2. The molecule has 0 aliphatic heterocycles. The topological polar surface area (TPSA) is 176 Å². The quantitative estimate of drug-likeness (QED) is 0.272. The molecular weight excluding hydrogens is 481 g/mol. The predicted octanol–water partition coefficient (Wildman–Crippen LogP) is 2.55. The van der Waals surface area contributed by atoms with Crippen molar-refractivity contribution in [2.75, 3.05) is 23.7 Å². The molecule has 1 aromatic heterocycles. The number of hydrogen-bond acceptors (Lipinski definition) is 6. The number of carbonyl (C=O) groups excluding carboxylic acids is 2. The summed E-state index contributed by atoms with van der Waals surface area (Å²) >= 11 is 0. The molecule has 36 heavy (non-hydrogen) atoms. The molecule has 0 aliphatic rings. The zero-order chi connectivity index (χ0) is 26.7. The lowest BCUT2D eigenvalue weighted by atomic mass is 10.1. The summed E-state index contributed by atoms with van der Waals surface area (Å²) in [4.78, 5) is 33.6. The summed E-state index contributed by atoms with van der Waals surface area (Å²) in [5.74, 6) is -3.54. The Morgan fingerprint density at radius 1 is 0.833 bits per heavy atom. The Hall–Kier alpha value is -4.23. The lowest BCUT2D eigenvalue weighted by Gasteiger charge is -2.05. The second-order valence-electron chi connectivity index (χ2n) is 7.35. The average Bonchev–Trinajstić information content (AvgIpc) is 3.33. The van der Waals surface area contributed by atoms with Crippen molar-refractivity contribution in [1.82, 2.24) is 10.2 Å². The van der Waals surface area contributed by atoms with Gasteiger partial charge in [0.2, 0.25) is 0 Å². The van der Waals surface area contributed by atoms with E-state index in [0.29, 0.717) is 24.5 Å². The van der Waals surface area contributed by atoms with Gasteiger partial charge in [0.05, 0.1) is 0 Å². The molecule has 1 heterocycles. The monoisotopic (exact) mass is 506 g/mol. The van der Waals surface area contributed by atoms with Gasteiger partial charge in [-0.05, 0) is 61.3 Å². The number of aromatic amines is 1. The summed E-state index contributed by atoms with van der Waals surface area (Å²) in [6.07, 6.45) is -3.52. The summed E-state index contributed by atoms with van der Waals surface area (Å²) in [6.45, 7) is 1.14. The maximum Gasteiger partial charge on any atom is 0.490 e. The van der Waals surface area contributed by atoms with Crippen LogP contribution in [0.2, 0.25) is 0 Å². The van der Waals surface area contributed by atoms with Crippen molar-refractivity contribution in [2.45, 2.75) is 19.0 Å². The van der Waals surface area contributed by atoms with Crippen LogP contribution in [0.1, 0.15) is 32.1 Å². The zero-order valence-electron chi connectivity index (χ0n) is 18.9. The van der Waals surface area contributed by atoms with Crippen LogP contribution in [0.5, 0.6) is 0 Å². The van der Waals surface area contributed by atoms with Crippen LogP contribution in [0, 0.1) is 0 Å². The molecule has 2 amide bonds. The lowest BCUT2D eigenvalue weighted by Crippen LogP contribution is -2.21. The molecule has 0 unspecified atom stereocenters. The van der Waals surface area contributed by atoms with Crippen LogP contribution in [0.15, 0.2) is 54.6 Å². The van der Waals surface area contributed by atoms with Gasteiger partial charge in [-0.15, -0.1) is 0 Å². The second-order valence-corrected chi connectivity index (χ2v) is 7.35. The van der Waals surface area contributed by atoms with Crippen LogP contribution in [-0.4, -0.2) is 52.4 Å². The SMILES string of the molecule is NCCc1ccc(NC(=O)c2cc(C(=O)Nc3ccc(CCN)cc3)[nH]n2)cc1.O=C(O)C(F)(F)F. The second kappa shape index (κ2) is 13.0. The number of hydrogen-bond donors (Lipinski definition) is 6. The largest absolute Gasteiger partial charge is 0.490 e. The predicted molar refractivity (Wildman–Crippen MR) is 127 cm³/mol. The molecule has 2 aromatic carbocycles. The third-order valence-corrected chi connectivity index (χ3v) is 4.59. The number of nitrogens with one attached hydrogen (secondary N) is 3. The van der Waals surface area contributed by atoms with Crippen molar-refractivity contribution in [3.05, 3.63) is 77.1 Å². The van der Waals surface area contributed by atoms with Gasteiger partial charge >= 0.3 is 12.1 Å². The molecule has 3 rings (SSSR count). The van der Waals surface area contributed by atoms with Crippen LogP contribution in [0.25, 0.3) is 0 Å². The number of H-pyrrole nitrogens is 1. The highest BCUT2D eigenvalue weighted by molar-refractivity contribution is 6.07. The number of carbonyl (C=O) groups is 3. The molecule has 3 aromatic rings. The van der Waals surface area contributed by atoms with Crippen molar-refractivity contribution < 1.29 is 32.7 Å². The van der Waals surface area contributed by atoms with Gasteiger partial charge in [-0.2, -0.15) is 18.3 Å². The maximum absolute atomic E-state index is 12.4. The molecule has 0 fully saturated rings. The van der Waals surface area contributed by atoms with Gasteiger partial charge in [0.25, 0.3) is 11.8 Å². The van der Waals surface area contributed by atoms with E-state index in [1.165, 1.54) is 6.07 Å². The average molecular weight is 506 g/mol. The van der Waals surface area contributed by atoms with Crippen molar-refractivity contribution in [2.24, 2.45) is 11.5 Å². The Morgan fingerprint density at radius 3 is 1.64 bits per heavy atom. The molecule has 0 radical (unpaired) electrons. The van der Waals surface area contributed by atoms with Gasteiger partial charge < -0.3 is 27.2 Å². The molecule has 8 N–H and O–H groups in total. The Labute approximate surface area is 203 Å². The first kappa shape index (κ1) is 28.0. The number of aliphatic carboxylic acids is 1. The summed E-state index contributed by atoms with van der Waals surface area (Å²) < 4.78 is 31.7. The molecular formula is C23H25F3N6O4. The van der Waals surface area contributed by atoms with Crippen LogP contribution in [0.3, 0.4) is 0 Å². The Kier molecular flexibility index (Phi) is 10.1. The highest BCUT2D eigenvalue weighted by Gasteiger charge is 2.38. The number of carboxylic acids is 1.